The summed E-state index contributed by atoms with van der Waals surface area (Å²) < 4.78 is 29.1. The first-order chi connectivity index (χ1) is 20.0. The average molecular weight is 631 g/mol. The predicted molar refractivity (Wildman–Crippen MR) is 168 cm³/mol. The van der Waals surface area contributed by atoms with Gasteiger partial charge >= 0.3 is 0 Å². The van der Waals surface area contributed by atoms with E-state index in [1.54, 1.807) is 49.4 Å². The van der Waals surface area contributed by atoms with Gasteiger partial charge in [0.15, 0.2) is 0 Å². The van der Waals surface area contributed by atoms with Crippen LogP contribution in [-0.4, -0.2) is 43.8 Å². The molecule has 1 atom stereocenters. The molecule has 0 aliphatic heterocycles. The lowest BCUT2D eigenvalue weighted by atomic mass is 9.95. The van der Waals surface area contributed by atoms with Crippen molar-refractivity contribution in [2.45, 2.75) is 76.4 Å². The van der Waals surface area contributed by atoms with Crippen molar-refractivity contribution in [3.63, 3.8) is 0 Å². The van der Waals surface area contributed by atoms with Gasteiger partial charge in [0, 0.05) is 12.6 Å². The zero-order valence-electron chi connectivity index (χ0n) is 24.1. The lowest BCUT2D eigenvalue weighted by Gasteiger charge is -2.33. The van der Waals surface area contributed by atoms with Gasteiger partial charge in [-0.05, 0) is 75.1 Å². The van der Waals surface area contributed by atoms with E-state index in [1.807, 2.05) is 26.0 Å². The minimum absolute atomic E-state index is 0.0427. The van der Waals surface area contributed by atoms with Gasteiger partial charge in [-0.3, -0.25) is 13.9 Å². The molecule has 4 rings (SSSR count). The molecule has 1 aliphatic rings. The molecule has 42 heavy (non-hydrogen) atoms. The van der Waals surface area contributed by atoms with E-state index in [-0.39, 0.29) is 23.4 Å². The second-order valence-corrected chi connectivity index (χ2v) is 13.6. The van der Waals surface area contributed by atoms with Crippen LogP contribution >= 0.6 is 23.2 Å². The number of sulfonamides is 1. The Bertz CT molecular complexity index is 1530. The van der Waals surface area contributed by atoms with Crippen LogP contribution in [0.1, 0.15) is 55.7 Å². The summed E-state index contributed by atoms with van der Waals surface area (Å²) in [6.07, 6.45) is 5.04. The van der Waals surface area contributed by atoms with E-state index in [4.69, 9.17) is 23.2 Å². The summed E-state index contributed by atoms with van der Waals surface area (Å²) >= 11 is 12.4. The van der Waals surface area contributed by atoms with Crippen molar-refractivity contribution in [1.29, 1.82) is 0 Å². The molecule has 0 bridgehead atoms. The molecule has 7 nitrogen and oxygen atoms in total. The van der Waals surface area contributed by atoms with E-state index in [1.165, 1.54) is 17.0 Å². The van der Waals surface area contributed by atoms with Gasteiger partial charge < -0.3 is 10.2 Å². The maximum Gasteiger partial charge on any atom is 0.264 e. The first kappa shape index (κ1) is 31.9. The van der Waals surface area contributed by atoms with Crippen molar-refractivity contribution < 1.29 is 18.0 Å². The number of hydrogen-bond donors (Lipinski definition) is 1. The number of nitrogens with zero attached hydrogens (tertiary/aromatic N) is 2. The fourth-order valence-electron chi connectivity index (χ4n) is 5.30. The Morgan fingerprint density at radius 1 is 0.929 bits per heavy atom. The zero-order chi connectivity index (χ0) is 30.4. The average Bonchev–Trinajstić information content (AvgIpc) is 2.97. The van der Waals surface area contributed by atoms with Crippen LogP contribution in [0.15, 0.2) is 71.6 Å². The molecule has 3 aromatic carbocycles. The predicted octanol–water partition coefficient (Wildman–Crippen LogP) is 6.67. The highest BCUT2D eigenvalue weighted by Gasteiger charge is 2.33. The third kappa shape index (κ3) is 7.65. The van der Waals surface area contributed by atoms with Crippen molar-refractivity contribution in [2.75, 3.05) is 10.8 Å². The Balaban J connectivity index is 1.70. The Morgan fingerprint density at radius 3 is 2.26 bits per heavy atom. The maximum absolute atomic E-state index is 14.2. The summed E-state index contributed by atoms with van der Waals surface area (Å²) in [5.41, 5.74) is 2.74. The third-order valence-electron chi connectivity index (χ3n) is 7.69. The molecular weight excluding hydrogens is 593 g/mol. The zero-order valence-corrected chi connectivity index (χ0v) is 26.5. The number of halogens is 2. The number of benzene rings is 3. The van der Waals surface area contributed by atoms with Gasteiger partial charge in [-0.25, -0.2) is 8.42 Å². The SMILES string of the molecule is Cc1ccc(N(CC(=O)N(Cc2ccc(Cl)c(Cl)c2)C(C)C(=O)NC2CCCCC2)S(=O)(=O)c2ccccc2)c(C)c1. The highest BCUT2D eigenvalue weighted by atomic mass is 35.5. The van der Waals surface area contributed by atoms with Gasteiger partial charge in [-0.15, -0.1) is 0 Å². The number of rotatable bonds is 10. The summed E-state index contributed by atoms with van der Waals surface area (Å²) in [6, 6.07) is 17.6. The second kappa shape index (κ2) is 13.9. The number of hydrogen-bond acceptors (Lipinski definition) is 4. The van der Waals surface area contributed by atoms with E-state index >= 15 is 0 Å². The number of nitrogens with one attached hydrogen (secondary N) is 1. The van der Waals surface area contributed by atoms with Crippen LogP contribution in [0.25, 0.3) is 0 Å². The van der Waals surface area contributed by atoms with Crippen molar-refractivity contribution in [3.8, 4) is 0 Å². The van der Waals surface area contributed by atoms with Crippen molar-refractivity contribution in [3.05, 3.63) is 93.5 Å². The molecule has 1 aliphatic carbocycles. The lowest BCUT2D eigenvalue weighted by molar-refractivity contribution is -0.139. The molecule has 1 saturated carbocycles. The van der Waals surface area contributed by atoms with Crippen molar-refractivity contribution >= 4 is 50.7 Å². The second-order valence-electron chi connectivity index (χ2n) is 10.9. The lowest BCUT2D eigenvalue weighted by Crippen LogP contribution is -2.53. The van der Waals surface area contributed by atoms with Crippen LogP contribution in [0.3, 0.4) is 0 Å². The van der Waals surface area contributed by atoms with Crippen molar-refractivity contribution in [1.82, 2.24) is 10.2 Å². The van der Waals surface area contributed by atoms with Gasteiger partial charge in [-0.2, -0.15) is 0 Å². The number of amides is 2. The van der Waals surface area contributed by atoms with Crippen LogP contribution in [0, 0.1) is 13.8 Å². The molecule has 1 N–H and O–H groups in total. The maximum atomic E-state index is 14.2. The van der Waals surface area contributed by atoms with Crippen LogP contribution < -0.4 is 9.62 Å². The van der Waals surface area contributed by atoms with E-state index in [2.05, 4.69) is 5.32 Å². The summed E-state index contributed by atoms with van der Waals surface area (Å²) in [5, 5.41) is 3.80. The van der Waals surface area contributed by atoms with Gasteiger partial charge in [0.05, 0.1) is 20.6 Å². The number of anilines is 1. The normalized spacial score (nSPS) is 14.7. The molecule has 3 aromatic rings. The fraction of sp³-hybridized carbons (Fsp3) is 0.375. The first-order valence-corrected chi connectivity index (χ1v) is 16.4. The molecule has 0 saturated heterocycles. The fourth-order valence-corrected chi connectivity index (χ4v) is 7.12. The molecule has 0 spiro atoms. The minimum atomic E-state index is -4.13. The van der Waals surface area contributed by atoms with Gasteiger partial charge in [0.1, 0.15) is 12.6 Å². The number of carbonyl (C=O) groups is 2. The molecule has 224 valence electrons. The Morgan fingerprint density at radius 2 is 1.62 bits per heavy atom. The third-order valence-corrected chi connectivity index (χ3v) is 10.2. The largest absolute Gasteiger partial charge is 0.352 e. The van der Waals surface area contributed by atoms with E-state index < -0.39 is 28.5 Å². The highest BCUT2D eigenvalue weighted by molar-refractivity contribution is 7.92. The molecule has 0 heterocycles. The summed E-state index contributed by atoms with van der Waals surface area (Å²) in [4.78, 5) is 29.1. The summed E-state index contributed by atoms with van der Waals surface area (Å²) in [7, 11) is -4.13. The Hall–Kier alpha value is -3.07. The Kier molecular flexibility index (Phi) is 10.6. The first-order valence-electron chi connectivity index (χ1n) is 14.2. The number of aryl methyl sites for hydroxylation is 2. The van der Waals surface area contributed by atoms with Crippen LogP contribution in [0.4, 0.5) is 5.69 Å². The van der Waals surface area contributed by atoms with Gasteiger partial charge in [0.2, 0.25) is 11.8 Å². The molecule has 2 amide bonds. The molecule has 1 fully saturated rings. The van der Waals surface area contributed by atoms with E-state index in [0.717, 1.165) is 42.0 Å². The van der Waals surface area contributed by atoms with Crippen LogP contribution in [-0.2, 0) is 26.2 Å². The van der Waals surface area contributed by atoms with Crippen LogP contribution in [0.2, 0.25) is 10.0 Å². The molecule has 0 aromatic heterocycles. The number of carbonyl (C=O) groups excluding carboxylic acids is 2. The minimum Gasteiger partial charge on any atom is -0.352 e. The van der Waals surface area contributed by atoms with Gasteiger partial charge in [0.25, 0.3) is 10.0 Å². The topological polar surface area (TPSA) is 86.8 Å². The smallest absolute Gasteiger partial charge is 0.264 e. The van der Waals surface area contributed by atoms with Gasteiger partial charge in [-0.1, -0.05) is 84.4 Å². The standard InChI is InChI=1S/C32H37Cl2N3O4S/c1-22-14-17-30(23(2)18-22)37(42(40,41)27-12-8-5-9-13-27)21-31(38)36(20-25-15-16-28(33)29(34)19-25)24(3)32(39)35-26-10-6-4-7-11-26/h5,8-9,12-19,24,26H,4,6-7,10-11,20-21H2,1-3H3,(H,35,39). The quantitative estimate of drug-likeness (QED) is 0.271. The van der Waals surface area contributed by atoms with E-state index in [0.29, 0.717) is 26.9 Å². The Labute approximate surface area is 258 Å². The monoisotopic (exact) mass is 629 g/mol. The van der Waals surface area contributed by atoms with E-state index in [9.17, 15) is 18.0 Å². The molecule has 0 radical (unpaired) electrons. The summed E-state index contributed by atoms with van der Waals surface area (Å²) in [6.45, 7) is 4.95. The molecular formula is C32H37Cl2N3O4S. The van der Waals surface area contributed by atoms with Crippen molar-refractivity contribution in [2.24, 2.45) is 0 Å². The van der Waals surface area contributed by atoms with Crippen LogP contribution in [0.5, 0.6) is 0 Å². The summed E-state index contributed by atoms with van der Waals surface area (Å²) in [5.74, 6) is -0.800. The highest BCUT2D eigenvalue weighted by Crippen LogP contribution is 2.29. The molecule has 1 unspecified atom stereocenters. The molecule has 10 heteroatoms.